The molecule has 2 rings (SSSR count). The Morgan fingerprint density at radius 1 is 1.31 bits per heavy atom. The molecular weight excluding hydrogens is 344 g/mol. The number of esters is 1. The standard InChI is InChI=1S/C17H22N2O7/c1-2-26-17(23)11-3-6-18(7-4-11)8-5-14(20)12-9-13(19(24)25)16(22)15(21)10-12/h9-11,21-22H,2-8H2,1H3. The zero-order chi connectivity index (χ0) is 19.3. The van der Waals surface area contributed by atoms with E-state index in [0.29, 0.717) is 39.1 Å². The van der Waals surface area contributed by atoms with E-state index < -0.39 is 22.1 Å². The number of carbonyl (C=O) groups is 2. The number of nitro groups is 1. The lowest BCUT2D eigenvalue weighted by molar-refractivity contribution is -0.386. The van der Waals surface area contributed by atoms with Gasteiger partial charge in [0.05, 0.1) is 17.4 Å². The molecular formula is C17H22N2O7. The number of hydrogen-bond acceptors (Lipinski definition) is 8. The van der Waals surface area contributed by atoms with Crippen molar-refractivity contribution in [3.05, 3.63) is 27.8 Å². The largest absolute Gasteiger partial charge is 0.504 e. The van der Waals surface area contributed by atoms with Gasteiger partial charge in [-0.1, -0.05) is 0 Å². The van der Waals surface area contributed by atoms with Crippen LogP contribution >= 0.6 is 0 Å². The normalized spacial score (nSPS) is 15.6. The van der Waals surface area contributed by atoms with Gasteiger partial charge in [0.1, 0.15) is 0 Å². The zero-order valence-electron chi connectivity index (χ0n) is 14.5. The second kappa shape index (κ2) is 8.61. The van der Waals surface area contributed by atoms with Crippen molar-refractivity contribution in [1.29, 1.82) is 0 Å². The minimum absolute atomic E-state index is 0.0200. The molecule has 9 nitrogen and oxygen atoms in total. The number of ether oxygens (including phenoxy) is 1. The number of nitrogens with zero attached hydrogens (tertiary/aromatic N) is 2. The molecule has 1 aliphatic rings. The zero-order valence-corrected chi connectivity index (χ0v) is 14.5. The van der Waals surface area contributed by atoms with E-state index in [1.165, 1.54) is 0 Å². The van der Waals surface area contributed by atoms with E-state index in [0.717, 1.165) is 12.1 Å². The number of rotatable bonds is 7. The van der Waals surface area contributed by atoms with Gasteiger partial charge in [0.15, 0.2) is 11.5 Å². The number of nitro benzene ring substituents is 1. The molecule has 0 aliphatic carbocycles. The Balaban J connectivity index is 1.90. The molecule has 0 bridgehead atoms. The molecule has 0 aromatic heterocycles. The third kappa shape index (κ3) is 4.69. The van der Waals surface area contributed by atoms with E-state index in [2.05, 4.69) is 0 Å². The lowest BCUT2D eigenvalue weighted by Crippen LogP contribution is -2.38. The first-order valence-electron chi connectivity index (χ1n) is 8.46. The third-order valence-electron chi connectivity index (χ3n) is 4.45. The summed E-state index contributed by atoms with van der Waals surface area (Å²) in [7, 11) is 0. The highest BCUT2D eigenvalue weighted by molar-refractivity contribution is 5.97. The summed E-state index contributed by atoms with van der Waals surface area (Å²) in [4.78, 5) is 36.0. The van der Waals surface area contributed by atoms with Crippen LogP contribution in [-0.4, -0.2) is 58.0 Å². The van der Waals surface area contributed by atoms with E-state index in [1.807, 2.05) is 4.90 Å². The smallest absolute Gasteiger partial charge is 0.315 e. The van der Waals surface area contributed by atoms with Crippen LogP contribution in [0.2, 0.25) is 0 Å². The average molecular weight is 366 g/mol. The van der Waals surface area contributed by atoms with Crippen LogP contribution in [0.4, 0.5) is 5.69 Å². The fourth-order valence-electron chi connectivity index (χ4n) is 2.96. The van der Waals surface area contributed by atoms with Crippen LogP contribution in [0.3, 0.4) is 0 Å². The van der Waals surface area contributed by atoms with Crippen molar-refractivity contribution < 1.29 is 29.5 Å². The van der Waals surface area contributed by atoms with Gasteiger partial charge in [-0.2, -0.15) is 0 Å². The Hall–Kier alpha value is -2.68. The van der Waals surface area contributed by atoms with Crippen LogP contribution < -0.4 is 0 Å². The molecule has 1 aromatic carbocycles. The Kier molecular flexibility index (Phi) is 6.51. The number of benzene rings is 1. The summed E-state index contributed by atoms with van der Waals surface area (Å²) in [5.41, 5.74) is -0.725. The molecule has 0 saturated carbocycles. The number of phenols is 2. The van der Waals surface area contributed by atoms with Crippen LogP contribution in [0.5, 0.6) is 11.5 Å². The van der Waals surface area contributed by atoms with Gasteiger partial charge < -0.3 is 19.8 Å². The first-order valence-corrected chi connectivity index (χ1v) is 8.46. The molecule has 0 unspecified atom stereocenters. The molecule has 142 valence electrons. The summed E-state index contributed by atoms with van der Waals surface area (Å²) in [6, 6.07) is 1.99. The van der Waals surface area contributed by atoms with Gasteiger partial charge in [0.25, 0.3) is 0 Å². The molecule has 1 aromatic rings. The molecule has 2 N–H and O–H groups in total. The van der Waals surface area contributed by atoms with Gasteiger partial charge in [-0.15, -0.1) is 0 Å². The molecule has 0 radical (unpaired) electrons. The van der Waals surface area contributed by atoms with Gasteiger partial charge in [0.2, 0.25) is 5.75 Å². The van der Waals surface area contributed by atoms with Crippen molar-refractivity contribution in [1.82, 2.24) is 4.90 Å². The summed E-state index contributed by atoms with van der Waals surface area (Å²) in [5, 5.41) is 29.9. The van der Waals surface area contributed by atoms with Crippen LogP contribution in [0.25, 0.3) is 0 Å². The quantitative estimate of drug-likeness (QED) is 0.246. The number of hydrogen-bond donors (Lipinski definition) is 2. The van der Waals surface area contributed by atoms with Crippen molar-refractivity contribution in [2.45, 2.75) is 26.2 Å². The van der Waals surface area contributed by atoms with Crippen molar-refractivity contribution in [3.8, 4) is 11.5 Å². The van der Waals surface area contributed by atoms with E-state index in [1.54, 1.807) is 6.92 Å². The number of Topliss-reactive ketones (excluding diaryl/α,β-unsaturated/α-hetero) is 1. The number of aromatic hydroxyl groups is 2. The van der Waals surface area contributed by atoms with Gasteiger partial charge >= 0.3 is 11.7 Å². The Bertz CT molecular complexity index is 697. The predicted octanol–water partition coefficient (Wildman–Crippen LogP) is 1.85. The van der Waals surface area contributed by atoms with Crippen LogP contribution in [0.15, 0.2) is 12.1 Å². The van der Waals surface area contributed by atoms with E-state index in [4.69, 9.17) is 4.74 Å². The van der Waals surface area contributed by atoms with Gasteiger partial charge in [-0.3, -0.25) is 19.7 Å². The van der Waals surface area contributed by atoms with Gasteiger partial charge in [-0.05, 0) is 38.9 Å². The van der Waals surface area contributed by atoms with Gasteiger partial charge in [0, 0.05) is 24.6 Å². The van der Waals surface area contributed by atoms with Crippen molar-refractivity contribution in [3.63, 3.8) is 0 Å². The van der Waals surface area contributed by atoms with Crippen LogP contribution in [0.1, 0.15) is 36.5 Å². The molecule has 0 amide bonds. The highest BCUT2D eigenvalue weighted by Gasteiger charge is 2.26. The number of piperidine rings is 1. The second-order valence-corrected chi connectivity index (χ2v) is 6.16. The van der Waals surface area contributed by atoms with Crippen molar-refractivity contribution >= 4 is 17.4 Å². The van der Waals surface area contributed by atoms with Crippen LogP contribution in [-0.2, 0) is 9.53 Å². The van der Waals surface area contributed by atoms with E-state index in [-0.39, 0.29) is 29.7 Å². The summed E-state index contributed by atoms with van der Waals surface area (Å²) < 4.78 is 5.01. The van der Waals surface area contributed by atoms with Crippen molar-refractivity contribution in [2.24, 2.45) is 5.92 Å². The monoisotopic (exact) mass is 366 g/mol. The maximum absolute atomic E-state index is 12.3. The van der Waals surface area contributed by atoms with E-state index >= 15 is 0 Å². The topological polar surface area (TPSA) is 130 Å². The lowest BCUT2D eigenvalue weighted by atomic mass is 9.96. The van der Waals surface area contributed by atoms with Crippen LogP contribution in [0, 0.1) is 16.0 Å². The van der Waals surface area contributed by atoms with E-state index in [9.17, 15) is 29.9 Å². The number of phenolic OH excluding ortho intramolecular Hbond substituents is 2. The summed E-state index contributed by atoms with van der Waals surface area (Å²) in [6.07, 6.45) is 1.45. The highest BCUT2D eigenvalue weighted by Crippen LogP contribution is 2.36. The second-order valence-electron chi connectivity index (χ2n) is 6.16. The average Bonchev–Trinajstić information content (AvgIpc) is 2.62. The predicted molar refractivity (Wildman–Crippen MR) is 91.2 cm³/mol. The molecule has 1 saturated heterocycles. The molecule has 0 atom stereocenters. The Labute approximate surface area is 150 Å². The number of carbonyl (C=O) groups excluding carboxylic acids is 2. The number of likely N-dealkylation sites (tertiary alicyclic amines) is 1. The minimum Gasteiger partial charge on any atom is -0.504 e. The molecule has 1 fully saturated rings. The highest BCUT2D eigenvalue weighted by atomic mass is 16.6. The summed E-state index contributed by atoms with van der Waals surface area (Å²) >= 11 is 0. The lowest BCUT2D eigenvalue weighted by Gasteiger charge is -2.30. The molecule has 1 aliphatic heterocycles. The maximum atomic E-state index is 12.3. The molecule has 1 heterocycles. The van der Waals surface area contributed by atoms with Crippen molar-refractivity contribution in [2.75, 3.05) is 26.2 Å². The number of ketones is 1. The third-order valence-corrected chi connectivity index (χ3v) is 4.45. The summed E-state index contributed by atoms with van der Waals surface area (Å²) in [6.45, 7) is 3.91. The minimum atomic E-state index is -0.855. The molecule has 0 spiro atoms. The summed E-state index contributed by atoms with van der Waals surface area (Å²) in [5.74, 6) is -2.21. The Morgan fingerprint density at radius 3 is 2.54 bits per heavy atom. The first kappa shape index (κ1) is 19.6. The SMILES string of the molecule is CCOC(=O)C1CCN(CCC(=O)c2cc(O)c(O)c([N+](=O)[O-])c2)CC1. The fraction of sp³-hybridized carbons (Fsp3) is 0.529. The molecule has 26 heavy (non-hydrogen) atoms. The Morgan fingerprint density at radius 2 is 1.96 bits per heavy atom. The first-order chi connectivity index (χ1) is 12.3. The van der Waals surface area contributed by atoms with Gasteiger partial charge in [-0.25, -0.2) is 0 Å². The fourth-order valence-corrected chi connectivity index (χ4v) is 2.96. The maximum Gasteiger partial charge on any atom is 0.315 e. The molecule has 9 heteroatoms.